The molecule has 15 heavy (non-hydrogen) atoms. The van der Waals surface area contributed by atoms with Gasteiger partial charge in [0, 0.05) is 11.8 Å². The Labute approximate surface area is 89.4 Å². The van der Waals surface area contributed by atoms with E-state index in [0.717, 1.165) is 11.1 Å². The van der Waals surface area contributed by atoms with Gasteiger partial charge in [-0.2, -0.15) is 0 Å². The Balaban J connectivity index is 2.61. The van der Waals surface area contributed by atoms with Crippen molar-refractivity contribution in [3.05, 3.63) is 34.7 Å². The molecule has 0 aromatic rings. The zero-order valence-corrected chi connectivity index (χ0v) is 9.36. The summed E-state index contributed by atoms with van der Waals surface area (Å²) in [5.74, 6) is -0.394. The van der Waals surface area contributed by atoms with Crippen LogP contribution in [0.25, 0.3) is 0 Å². The Morgan fingerprint density at radius 3 is 2.60 bits per heavy atom. The first-order chi connectivity index (χ1) is 6.91. The Bertz CT molecular complexity index is 422. The van der Waals surface area contributed by atoms with Gasteiger partial charge in [-0.25, -0.2) is 4.39 Å². The zero-order chi connectivity index (χ0) is 11.2. The average molecular weight is 206 g/mol. The first-order valence-electron chi connectivity index (χ1n) is 5.25. The number of Topliss-reactive ketones (excluding diaryl/α,β-unsaturated/α-hetero) is 1. The van der Waals surface area contributed by atoms with E-state index in [0.29, 0.717) is 18.4 Å². The van der Waals surface area contributed by atoms with Gasteiger partial charge in [0.05, 0.1) is 5.57 Å². The fourth-order valence-corrected chi connectivity index (χ4v) is 2.41. The van der Waals surface area contributed by atoms with Gasteiger partial charge in [0.1, 0.15) is 5.83 Å². The molecule has 0 unspecified atom stereocenters. The lowest BCUT2D eigenvalue weighted by atomic mass is 9.90. The van der Waals surface area contributed by atoms with Crippen molar-refractivity contribution in [3.8, 4) is 0 Å². The van der Waals surface area contributed by atoms with Crippen LogP contribution in [0.5, 0.6) is 0 Å². The number of carbonyl (C=O) groups excluding carboxylic acids is 1. The van der Waals surface area contributed by atoms with Crippen LogP contribution in [0.2, 0.25) is 0 Å². The molecule has 0 bridgehead atoms. The molecule has 0 heterocycles. The van der Waals surface area contributed by atoms with E-state index in [9.17, 15) is 9.18 Å². The third-order valence-electron chi connectivity index (χ3n) is 2.98. The van der Waals surface area contributed by atoms with Gasteiger partial charge < -0.3 is 0 Å². The van der Waals surface area contributed by atoms with Crippen LogP contribution >= 0.6 is 0 Å². The van der Waals surface area contributed by atoms with Crippen LogP contribution in [0.15, 0.2) is 34.7 Å². The Morgan fingerprint density at radius 1 is 1.27 bits per heavy atom. The maximum Gasteiger partial charge on any atom is 0.166 e. The third kappa shape index (κ3) is 1.69. The molecule has 0 amide bonds. The first-order valence-corrected chi connectivity index (χ1v) is 5.25. The molecule has 0 spiro atoms. The van der Waals surface area contributed by atoms with Crippen LogP contribution < -0.4 is 0 Å². The van der Waals surface area contributed by atoms with Crippen molar-refractivity contribution in [2.75, 3.05) is 0 Å². The SMILES string of the molecule is CC1=CC(C)(C)C=C(F)C2=C1CCC2=O. The van der Waals surface area contributed by atoms with Crippen molar-refractivity contribution >= 4 is 5.78 Å². The predicted molar refractivity (Wildman–Crippen MR) is 58.0 cm³/mol. The van der Waals surface area contributed by atoms with Crippen molar-refractivity contribution < 1.29 is 9.18 Å². The predicted octanol–water partition coefficient (Wildman–Crippen LogP) is 3.49. The molecular weight excluding hydrogens is 191 g/mol. The molecule has 0 aromatic carbocycles. The van der Waals surface area contributed by atoms with Gasteiger partial charge in [0.15, 0.2) is 5.78 Å². The molecule has 0 N–H and O–H groups in total. The number of carbonyl (C=O) groups is 1. The molecule has 2 rings (SSSR count). The molecule has 2 aliphatic carbocycles. The van der Waals surface area contributed by atoms with Gasteiger partial charge in [-0.1, -0.05) is 25.5 Å². The van der Waals surface area contributed by atoms with Gasteiger partial charge in [-0.15, -0.1) is 0 Å². The molecule has 0 saturated carbocycles. The van der Waals surface area contributed by atoms with Crippen LogP contribution in [0.4, 0.5) is 4.39 Å². The largest absolute Gasteiger partial charge is 0.294 e. The number of hydrogen-bond donors (Lipinski definition) is 0. The number of rotatable bonds is 0. The van der Waals surface area contributed by atoms with Crippen LogP contribution in [-0.2, 0) is 4.79 Å². The normalized spacial score (nSPS) is 24.7. The number of allylic oxidation sites excluding steroid dienone is 6. The lowest BCUT2D eigenvalue weighted by Gasteiger charge is -2.15. The van der Waals surface area contributed by atoms with Gasteiger partial charge in [-0.05, 0) is 25.0 Å². The maximum absolute atomic E-state index is 13.9. The second kappa shape index (κ2) is 3.16. The van der Waals surface area contributed by atoms with E-state index >= 15 is 0 Å². The summed E-state index contributed by atoms with van der Waals surface area (Å²) < 4.78 is 13.9. The second-order valence-electron chi connectivity index (χ2n) is 4.92. The van der Waals surface area contributed by atoms with Gasteiger partial charge in [-0.3, -0.25) is 4.79 Å². The summed E-state index contributed by atoms with van der Waals surface area (Å²) >= 11 is 0. The highest BCUT2D eigenvalue weighted by Crippen LogP contribution is 2.40. The molecule has 0 fully saturated rings. The highest BCUT2D eigenvalue weighted by Gasteiger charge is 2.31. The molecule has 2 heteroatoms. The van der Waals surface area contributed by atoms with E-state index in [4.69, 9.17) is 0 Å². The fourth-order valence-electron chi connectivity index (χ4n) is 2.41. The maximum atomic E-state index is 13.9. The summed E-state index contributed by atoms with van der Waals surface area (Å²) in [7, 11) is 0. The van der Waals surface area contributed by atoms with Crippen molar-refractivity contribution in [3.63, 3.8) is 0 Å². The van der Waals surface area contributed by atoms with Crippen LogP contribution in [0.1, 0.15) is 33.6 Å². The van der Waals surface area contributed by atoms with Crippen molar-refractivity contribution in [1.29, 1.82) is 0 Å². The summed E-state index contributed by atoms with van der Waals surface area (Å²) in [6.45, 7) is 5.85. The van der Waals surface area contributed by atoms with E-state index in [1.807, 2.05) is 26.8 Å². The van der Waals surface area contributed by atoms with Gasteiger partial charge in [0.25, 0.3) is 0 Å². The molecule has 2 aliphatic rings. The topological polar surface area (TPSA) is 17.1 Å². The summed E-state index contributed by atoms with van der Waals surface area (Å²) in [6, 6.07) is 0. The van der Waals surface area contributed by atoms with Crippen LogP contribution in [0.3, 0.4) is 0 Å². The van der Waals surface area contributed by atoms with Crippen LogP contribution in [0, 0.1) is 5.41 Å². The molecule has 1 nitrogen and oxygen atoms in total. The summed E-state index contributed by atoms with van der Waals surface area (Å²) in [6.07, 6.45) is 4.72. The standard InChI is InChI=1S/C13H15FO/c1-8-6-13(2,3)7-10(14)12-9(8)4-5-11(12)15/h6-7H,4-5H2,1-3H3. The molecule has 0 radical (unpaired) electrons. The van der Waals surface area contributed by atoms with Gasteiger partial charge in [0.2, 0.25) is 0 Å². The third-order valence-corrected chi connectivity index (χ3v) is 2.98. The fraction of sp³-hybridized carbons (Fsp3) is 0.462. The average Bonchev–Trinajstić information content (AvgIpc) is 2.40. The number of hydrogen-bond acceptors (Lipinski definition) is 1. The summed E-state index contributed by atoms with van der Waals surface area (Å²) in [5, 5.41) is 0. The minimum atomic E-state index is -0.342. The van der Waals surface area contributed by atoms with E-state index in [-0.39, 0.29) is 17.0 Å². The van der Waals surface area contributed by atoms with Gasteiger partial charge >= 0.3 is 0 Å². The minimum Gasteiger partial charge on any atom is -0.294 e. The van der Waals surface area contributed by atoms with E-state index < -0.39 is 0 Å². The second-order valence-corrected chi connectivity index (χ2v) is 4.92. The highest BCUT2D eigenvalue weighted by molar-refractivity contribution is 6.03. The monoisotopic (exact) mass is 206 g/mol. The lowest BCUT2D eigenvalue weighted by molar-refractivity contribution is -0.114. The summed E-state index contributed by atoms with van der Waals surface area (Å²) in [5.41, 5.74) is 1.97. The Kier molecular flexibility index (Phi) is 2.18. The van der Waals surface area contributed by atoms with Crippen molar-refractivity contribution in [2.45, 2.75) is 33.6 Å². The Hall–Kier alpha value is -1.18. The number of ketones is 1. The smallest absolute Gasteiger partial charge is 0.166 e. The molecule has 0 saturated heterocycles. The van der Waals surface area contributed by atoms with E-state index in [1.165, 1.54) is 0 Å². The highest BCUT2D eigenvalue weighted by atomic mass is 19.1. The molecule has 0 aliphatic heterocycles. The molecule has 80 valence electrons. The lowest BCUT2D eigenvalue weighted by Crippen LogP contribution is -2.04. The molecule has 0 aromatic heterocycles. The Morgan fingerprint density at radius 2 is 1.93 bits per heavy atom. The molecule has 0 atom stereocenters. The first kappa shape index (κ1) is 10.3. The quantitative estimate of drug-likeness (QED) is 0.593. The zero-order valence-electron chi connectivity index (χ0n) is 9.36. The minimum absolute atomic E-state index is 0.0517. The molecular formula is C13H15FO. The van der Waals surface area contributed by atoms with E-state index in [2.05, 4.69) is 0 Å². The van der Waals surface area contributed by atoms with E-state index in [1.54, 1.807) is 6.08 Å². The van der Waals surface area contributed by atoms with Crippen molar-refractivity contribution in [2.24, 2.45) is 5.41 Å². The van der Waals surface area contributed by atoms with Crippen molar-refractivity contribution in [1.82, 2.24) is 0 Å². The number of halogens is 1. The van der Waals surface area contributed by atoms with Crippen LogP contribution in [-0.4, -0.2) is 5.78 Å². The summed E-state index contributed by atoms with van der Waals surface area (Å²) in [4.78, 5) is 11.6.